The molecule has 6 nitrogen and oxygen atoms in total. The lowest BCUT2D eigenvalue weighted by atomic mass is 9.87. The van der Waals surface area contributed by atoms with Gasteiger partial charge in [0.25, 0.3) is 5.56 Å². The highest BCUT2D eigenvalue weighted by molar-refractivity contribution is 9.10. The van der Waals surface area contributed by atoms with Gasteiger partial charge in [-0.2, -0.15) is 0 Å². The van der Waals surface area contributed by atoms with Crippen LogP contribution in [0.1, 0.15) is 13.3 Å². The van der Waals surface area contributed by atoms with Crippen LogP contribution in [0.4, 0.5) is 0 Å². The van der Waals surface area contributed by atoms with E-state index in [1.165, 1.54) is 10.6 Å². The minimum absolute atomic E-state index is 0.0251. The van der Waals surface area contributed by atoms with Gasteiger partial charge in [0.05, 0.1) is 5.92 Å². The number of carboxylic acids is 1. The van der Waals surface area contributed by atoms with Gasteiger partial charge in [-0.1, -0.05) is 6.92 Å². The third-order valence-electron chi connectivity index (χ3n) is 3.83. The first-order valence-corrected chi connectivity index (χ1v) is 7.54. The summed E-state index contributed by atoms with van der Waals surface area (Å²) in [6, 6.07) is 3.03. The topological polar surface area (TPSA) is 79.6 Å². The fourth-order valence-corrected chi connectivity index (χ4v) is 2.99. The van der Waals surface area contributed by atoms with Crippen molar-refractivity contribution < 1.29 is 14.7 Å². The van der Waals surface area contributed by atoms with Crippen molar-refractivity contribution in [2.24, 2.45) is 11.8 Å². The quantitative estimate of drug-likeness (QED) is 0.881. The van der Waals surface area contributed by atoms with Gasteiger partial charge in [-0.15, -0.1) is 0 Å². The number of rotatable bonds is 3. The number of aliphatic carboxylic acids is 1. The highest BCUT2D eigenvalue weighted by Crippen LogP contribution is 2.23. The number of pyridine rings is 1. The summed E-state index contributed by atoms with van der Waals surface area (Å²) < 4.78 is 2.08. The van der Waals surface area contributed by atoms with Crippen LogP contribution in [0, 0.1) is 11.8 Å². The maximum Gasteiger partial charge on any atom is 0.306 e. The number of hydrogen-bond acceptors (Lipinski definition) is 3. The van der Waals surface area contributed by atoms with E-state index in [1.807, 2.05) is 6.92 Å². The first-order chi connectivity index (χ1) is 9.88. The van der Waals surface area contributed by atoms with Crippen LogP contribution in [-0.2, 0) is 16.1 Å². The van der Waals surface area contributed by atoms with Gasteiger partial charge in [-0.3, -0.25) is 14.4 Å². The molecule has 1 aromatic rings. The molecule has 1 aliphatic rings. The van der Waals surface area contributed by atoms with Crippen molar-refractivity contribution >= 4 is 27.8 Å². The van der Waals surface area contributed by atoms with Crippen LogP contribution >= 0.6 is 15.9 Å². The number of hydrogen-bond donors (Lipinski definition) is 1. The van der Waals surface area contributed by atoms with E-state index in [-0.39, 0.29) is 23.9 Å². The minimum atomic E-state index is -0.808. The zero-order chi connectivity index (χ0) is 15.6. The average Bonchev–Trinajstić information content (AvgIpc) is 2.42. The second-order valence-corrected chi connectivity index (χ2v) is 6.28. The number of piperidine rings is 1. The SMILES string of the molecule is CC1CN(C(=O)Cn2cc(Br)ccc2=O)CCC1C(=O)O. The van der Waals surface area contributed by atoms with Crippen molar-refractivity contribution in [2.45, 2.75) is 19.9 Å². The third kappa shape index (κ3) is 3.72. The highest BCUT2D eigenvalue weighted by atomic mass is 79.9. The lowest BCUT2D eigenvalue weighted by molar-refractivity contribution is -0.148. The molecular formula is C14H17BrN2O4. The molecule has 0 saturated carbocycles. The molecule has 21 heavy (non-hydrogen) atoms. The van der Waals surface area contributed by atoms with Crippen molar-refractivity contribution in [1.82, 2.24) is 9.47 Å². The molecule has 2 unspecified atom stereocenters. The minimum Gasteiger partial charge on any atom is -0.481 e. The first kappa shape index (κ1) is 15.8. The molecule has 1 fully saturated rings. The average molecular weight is 357 g/mol. The summed E-state index contributed by atoms with van der Waals surface area (Å²) in [4.78, 5) is 36.6. The second kappa shape index (κ2) is 6.43. The Morgan fingerprint density at radius 2 is 2.14 bits per heavy atom. The number of carboxylic acid groups (broad SMARTS) is 1. The van der Waals surface area contributed by atoms with E-state index in [9.17, 15) is 14.4 Å². The van der Waals surface area contributed by atoms with Crippen molar-refractivity contribution in [3.63, 3.8) is 0 Å². The van der Waals surface area contributed by atoms with Gasteiger partial charge in [0, 0.05) is 29.8 Å². The summed E-state index contributed by atoms with van der Waals surface area (Å²) in [5, 5.41) is 9.08. The molecule has 0 spiro atoms. The Kier molecular flexibility index (Phi) is 4.82. The number of likely N-dealkylation sites (tertiary alicyclic amines) is 1. The van der Waals surface area contributed by atoms with Crippen molar-refractivity contribution in [3.8, 4) is 0 Å². The van der Waals surface area contributed by atoms with E-state index in [0.29, 0.717) is 19.5 Å². The van der Waals surface area contributed by atoms with Crippen LogP contribution in [0.15, 0.2) is 27.6 Å². The fraction of sp³-hybridized carbons (Fsp3) is 0.500. The molecule has 2 heterocycles. The zero-order valence-electron chi connectivity index (χ0n) is 11.7. The van der Waals surface area contributed by atoms with Crippen LogP contribution in [0.2, 0.25) is 0 Å². The van der Waals surface area contributed by atoms with E-state index in [2.05, 4.69) is 15.9 Å². The van der Waals surface area contributed by atoms with E-state index < -0.39 is 11.9 Å². The van der Waals surface area contributed by atoms with Crippen LogP contribution in [0.25, 0.3) is 0 Å². The van der Waals surface area contributed by atoms with Gasteiger partial charge in [0.1, 0.15) is 6.54 Å². The van der Waals surface area contributed by atoms with E-state index in [1.54, 1.807) is 17.2 Å². The maximum atomic E-state index is 12.3. The normalized spacial score (nSPS) is 22.1. The van der Waals surface area contributed by atoms with Gasteiger partial charge >= 0.3 is 5.97 Å². The molecule has 0 bridgehead atoms. The largest absolute Gasteiger partial charge is 0.481 e. The van der Waals surface area contributed by atoms with Crippen molar-refractivity contribution in [2.75, 3.05) is 13.1 Å². The Morgan fingerprint density at radius 3 is 2.76 bits per heavy atom. The smallest absolute Gasteiger partial charge is 0.306 e. The van der Waals surface area contributed by atoms with Gasteiger partial charge in [-0.25, -0.2) is 0 Å². The van der Waals surface area contributed by atoms with Gasteiger partial charge in [0.2, 0.25) is 5.91 Å². The van der Waals surface area contributed by atoms with Crippen LogP contribution in [0.5, 0.6) is 0 Å². The Balaban J connectivity index is 2.03. The summed E-state index contributed by atoms with van der Waals surface area (Å²) in [5.74, 6) is -1.45. The molecule has 1 aromatic heterocycles. The number of amides is 1. The lowest BCUT2D eigenvalue weighted by Gasteiger charge is -2.35. The number of carbonyl (C=O) groups is 2. The Bertz CT molecular complexity index is 613. The summed E-state index contributed by atoms with van der Waals surface area (Å²) in [6.45, 7) is 2.65. The number of aromatic nitrogens is 1. The van der Waals surface area contributed by atoms with Gasteiger partial charge < -0.3 is 14.6 Å². The third-order valence-corrected chi connectivity index (χ3v) is 4.30. The predicted molar refractivity (Wildman–Crippen MR) is 79.9 cm³/mol. The van der Waals surface area contributed by atoms with Crippen LogP contribution in [-0.4, -0.2) is 39.5 Å². The molecule has 2 atom stereocenters. The number of nitrogens with zero attached hydrogens (tertiary/aromatic N) is 2. The number of halogens is 1. The Labute approximate surface area is 130 Å². The van der Waals surface area contributed by atoms with Crippen molar-refractivity contribution in [1.29, 1.82) is 0 Å². The number of carbonyl (C=O) groups excluding carboxylic acids is 1. The lowest BCUT2D eigenvalue weighted by Crippen LogP contribution is -2.46. The summed E-state index contributed by atoms with van der Waals surface area (Å²) in [7, 11) is 0. The Hall–Kier alpha value is -1.63. The highest BCUT2D eigenvalue weighted by Gasteiger charge is 2.32. The summed E-state index contributed by atoms with van der Waals surface area (Å²) in [5.41, 5.74) is -0.236. The molecule has 0 aromatic carbocycles. The maximum absolute atomic E-state index is 12.3. The monoisotopic (exact) mass is 356 g/mol. The standard InChI is InChI=1S/C14H17BrN2O4/c1-9-6-16(5-4-11(9)14(20)21)13(19)8-17-7-10(15)2-3-12(17)18/h2-3,7,9,11H,4-6,8H2,1H3,(H,20,21). The van der Waals surface area contributed by atoms with E-state index in [0.717, 1.165) is 4.47 Å². The zero-order valence-corrected chi connectivity index (χ0v) is 13.2. The second-order valence-electron chi connectivity index (χ2n) is 5.36. The summed E-state index contributed by atoms with van der Waals surface area (Å²) in [6.07, 6.45) is 2.03. The molecule has 1 aliphatic heterocycles. The molecule has 0 aliphatic carbocycles. The molecule has 1 N–H and O–H groups in total. The molecule has 7 heteroatoms. The molecule has 114 valence electrons. The fourth-order valence-electron chi connectivity index (χ4n) is 2.61. The molecule has 2 rings (SSSR count). The Morgan fingerprint density at radius 1 is 1.43 bits per heavy atom. The van der Waals surface area contributed by atoms with E-state index in [4.69, 9.17) is 5.11 Å². The van der Waals surface area contributed by atoms with Crippen LogP contribution in [0.3, 0.4) is 0 Å². The summed E-state index contributed by atoms with van der Waals surface area (Å²) >= 11 is 3.27. The molecule has 1 amide bonds. The molecular weight excluding hydrogens is 340 g/mol. The predicted octanol–water partition coefficient (Wildman–Crippen LogP) is 1.18. The van der Waals surface area contributed by atoms with E-state index >= 15 is 0 Å². The first-order valence-electron chi connectivity index (χ1n) is 6.75. The van der Waals surface area contributed by atoms with Gasteiger partial charge in [-0.05, 0) is 34.3 Å². The molecule has 1 saturated heterocycles. The van der Waals surface area contributed by atoms with Crippen molar-refractivity contribution in [3.05, 3.63) is 33.2 Å². The molecule has 0 radical (unpaired) electrons. The van der Waals surface area contributed by atoms with Crippen LogP contribution < -0.4 is 5.56 Å². The van der Waals surface area contributed by atoms with Gasteiger partial charge in [0.15, 0.2) is 0 Å².